The molecule has 0 nitrogen and oxygen atoms in total. The summed E-state index contributed by atoms with van der Waals surface area (Å²) in [5.41, 5.74) is 18.0. The second-order valence-corrected chi connectivity index (χ2v) is 18.0. The summed E-state index contributed by atoms with van der Waals surface area (Å²) in [6.07, 6.45) is 0. The first-order chi connectivity index (χ1) is 32.6. The molecule has 0 bridgehead atoms. The SMILES string of the molecule is Fc1cccc(-c2c3c(c(-c4ccccc4)c4ccccc24)-c2ccc4c5ccc6c7c(ccc(c8ccc-3c2c48)c75)-c2c-6c(-c3cccc(F)c3)c3ccccc3c2-c2ccccc2)c1. The first-order valence-corrected chi connectivity index (χ1v) is 22.6. The van der Waals surface area contributed by atoms with Crippen LogP contribution in [0.15, 0.2) is 206 Å². The smallest absolute Gasteiger partial charge is 0.123 e. The van der Waals surface area contributed by atoms with E-state index in [1.807, 2.05) is 24.3 Å². The molecule has 0 N–H and O–H groups in total. The van der Waals surface area contributed by atoms with Crippen molar-refractivity contribution in [2.45, 2.75) is 0 Å². The van der Waals surface area contributed by atoms with Crippen LogP contribution in [0.4, 0.5) is 8.78 Å². The lowest BCUT2D eigenvalue weighted by Crippen LogP contribution is -1.93. The summed E-state index contributed by atoms with van der Waals surface area (Å²) in [7, 11) is 0. The summed E-state index contributed by atoms with van der Waals surface area (Å²) in [5, 5.41) is 14.3. The first-order valence-electron chi connectivity index (χ1n) is 22.6. The van der Waals surface area contributed by atoms with Gasteiger partial charge in [0, 0.05) is 0 Å². The minimum absolute atomic E-state index is 0.250. The molecule has 0 spiro atoms. The molecule has 15 rings (SSSR count). The molecule has 13 aromatic carbocycles. The standard InChI is InChI=1S/C64H34F2/c65-39-19-11-17-37(33-39)55-43-23-9-7-21-41(43)53(35-13-3-1-4-14-35)61-49-29-25-45-48-28-32-52-60-50(30-26-46(58(48)60)47-27-31-51(63(55)61)59(49)57(45)47)62-54(36-15-5-2-6-16-36)42-22-8-10-24-44(42)56(64(52)62)38-18-12-20-40(66)34-38/h1-34H. The van der Waals surface area contributed by atoms with E-state index in [4.69, 9.17) is 0 Å². The van der Waals surface area contributed by atoms with Gasteiger partial charge in [0.1, 0.15) is 11.6 Å². The van der Waals surface area contributed by atoms with E-state index in [1.165, 1.54) is 99.7 Å². The Balaban J connectivity index is 1.08. The van der Waals surface area contributed by atoms with Crippen LogP contribution >= 0.6 is 0 Å². The molecular formula is C64H34F2. The average Bonchev–Trinajstić information content (AvgIpc) is 3.87. The molecule has 0 fully saturated rings. The Hall–Kier alpha value is -8.46. The predicted molar refractivity (Wildman–Crippen MR) is 273 cm³/mol. The summed E-state index contributed by atoms with van der Waals surface area (Å²) in [4.78, 5) is 0. The summed E-state index contributed by atoms with van der Waals surface area (Å²) >= 11 is 0. The highest BCUT2D eigenvalue weighted by Crippen LogP contribution is 2.62. The molecule has 13 aromatic rings. The van der Waals surface area contributed by atoms with Crippen molar-refractivity contribution in [3.05, 3.63) is 218 Å². The van der Waals surface area contributed by atoms with Gasteiger partial charge in [-0.05, 0) is 178 Å². The molecule has 0 radical (unpaired) electrons. The van der Waals surface area contributed by atoms with Crippen LogP contribution in [-0.4, -0.2) is 0 Å². The van der Waals surface area contributed by atoms with Crippen molar-refractivity contribution in [2.24, 2.45) is 0 Å². The predicted octanol–water partition coefficient (Wildman–Crippen LogP) is 18.3. The Morgan fingerprint density at radius 3 is 0.803 bits per heavy atom. The van der Waals surface area contributed by atoms with Crippen LogP contribution in [0.2, 0.25) is 0 Å². The van der Waals surface area contributed by atoms with Crippen molar-refractivity contribution in [3.8, 4) is 89.0 Å². The molecule has 0 saturated heterocycles. The molecule has 2 heteroatoms. The topological polar surface area (TPSA) is 0 Å². The molecule has 0 aromatic heterocycles. The Morgan fingerprint density at radius 1 is 0.197 bits per heavy atom. The Morgan fingerprint density at radius 2 is 0.485 bits per heavy atom. The van der Waals surface area contributed by atoms with Crippen molar-refractivity contribution >= 4 is 64.6 Å². The number of halogens is 2. The normalized spacial score (nSPS) is 12.4. The third kappa shape index (κ3) is 4.60. The van der Waals surface area contributed by atoms with E-state index in [0.717, 1.165) is 66.1 Å². The van der Waals surface area contributed by atoms with Crippen LogP contribution in [0.3, 0.4) is 0 Å². The van der Waals surface area contributed by atoms with Crippen molar-refractivity contribution in [2.75, 3.05) is 0 Å². The first kappa shape index (κ1) is 35.9. The Labute approximate surface area is 378 Å². The Kier molecular flexibility index (Phi) is 7.11. The second-order valence-electron chi connectivity index (χ2n) is 18.0. The number of hydrogen-bond donors (Lipinski definition) is 0. The van der Waals surface area contributed by atoms with E-state index in [0.29, 0.717) is 0 Å². The molecule has 0 atom stereocenters. The van der Waals surface area contributed by atoms with Gasteiger partial charge in [-0.3, -0.25) is 0 Å². The van der Waals surface area contributed by atoms with Crippen LogP contribution in [0.1, 0.15) is 0 Å². The molecular weight excluding hydrogens is 807 g/mol. The van der Waals surface area contributed by atoms with Gasteiger partial charge in [0.25, 0.3) is 0 Å². The highest BCUT2D eigenvalue weighted by molar-refractivity contribution is 6.42. The van der Waals surface area contributed by atoms with Crippen molar-refractivity contribution in [1.29, 1.82) is 0 Å². The number of fused-ring (bicyclic) bond motifs is 10. The fourth-order valence-electron chi connectivity index (χ4n) is 12.4. The molecule has 0 amide bonds. The molecule has 0 saturated carbocycles. The van der Waals surface area contributed by atoms with Crippen molar-refractivity contribution in [1.82, 2.24) is 0 Å². The van der Waals surface area contributed by atoms with Gasteiger partial charge < -0.3 is 0 Å². The molecule has 0 aliphatic heterocycles. The van der Waals surface area contributed by atoms with Gasteiger partial charge in [-0.1, -0.05) is 182 Å². The van der Waals surface area contributed by atoms with E-state index >= 15 is 8.78 Å². The maximum Gasteiger partial charge on any atom is 0.123 e. The van der Waals surface area contributed by atoms with Crippen molar-refractivity contribution in [3.63, 3.8) is 0 Å². The number of rotatable bonds is 4. The third-order valence-electron chi connectivity index (χ3n) is 14.8. The zero-order valence-electron chi connectivity index (χ0n) is 35.4. The van der Waals surface area contributed by atoms with Crippen LogP contribution in [0.5, 0.6) is 0 Å². The second kappa shape index (κ2) is 13.1. The monoisotopic (exact) mass is 840 g/mol. The highest BCUT2D eigenvalue weighted by Gasteiger charge is 2.35. The number of benzene rings is 13. The van der Waals surface area contributed by atoms with Crippen LogP contribution in [-0.2, 0) is 0 Å². The van der Waals surface area contributed by atoms with Gasteiger partial charge in [0.2, 0.25) is 0 Å². The molecule has 2 aliphatic carbocycles. The van der Waals surface area contributed by atoms with Gasteiger partial charge in [-0.25, -0.2) is 8.78 Å². The number of hydrogen-bond acceptors (Lipinski definition) is 0. The summed E-state index contributed by atoms with van der Waals surface area (Å²) in [6, 6.07) is 71.6. The lowest BCUT2D eigenvalue weighted by Gasteiger charge is -2.20. The molecule has 66 heavy (non-hydrogen) atoms. The zero-order chi connectivity index (χ0) is 43.4. The average molecular weight is 841 g/mol. The zero-order valence-corrected chi connectivity index (χ0v) is 35.4. The van der Waals surface area contributed by atoms with Gasteiger partial charge >= 0.3 is 0 Å². The molecule has 0 unspecified atom stereocenters. The lowest BCUT2D eigenvalue weighted by molar-refractivity contribution is 0.628. The maximum atomic E-state index is 15.3. The highest BCUT2D eigenvalue weighted by atomic mass is 19.1. The summed E-state index contributed by atoms with van der Waals surface area (Å²) in [6.45, 7) is 0. The van der Waals surface area contributed by atoms with Crippen LogP contribution in [0, 0.1) is 11.6 Å². The van der Waals surface area contributed by atoms with E-state index < -0.39 is 0 Å². The third-order valence-corrected chi connectivity index (χ3v) is 14.8. The molecule has 304 valence electrons. The van der Waals surface area contributed by atoms with Gasteiger partial charge in [-0.15, -0.1) is 0 Å². The van der Waals surface area contributed by atoms with Crippen molar-refractivity contribution < 1.29 is 8.78 Å². The van der Waals surface area contributed by atoms with Gasteiger partial charge in [0.15, 0.2) is 0 Å². The van der Waals surface area contributed by atoms with Gasteiger partial charge in [0.05, 0.1) is 0 Å². The lowest BCUT2D eigenvalue weighted by atomic mass is 9.82. The van der Waals surface area contributed by atoms with Crippen LogP contribution < -0.4 is 0 Å². The van der Waals surface area contributed by atoms with E-state index in [9.17, 15) is 0 Å². The summed E-state index contributed by atoms with van der Waals surface area (Å²) in [5.74, 6) is -0.500. The Bertz CT molecular complexity index is 3980. The van der Waals surface area contributed by atoms with E-state index in [1.54, 1.807) is 12.1 Å². The van der Waals surface area contributed by atoms with Crippen LogP contribution in [0.25, 0.3) is 154 Å². The maximum absolute atomic E-state index is 15.3. The largest absolute Gasteiger partial charge is 0.207 e. The van der Waals surface area contributed by atoms with E-state index in [-0.39, 0.29) is 11.6 Å². The fourth-order valence-corrected chi connectivity index (χ4v) is 12.4. The van der Waals surface area contributed by atoms with E-state index in [2.05, 4.69) is 158 Å². The minimum atomic E-state index is -0.250. The summed E-state index contributed by atoms with van der Waals surface area (Å²) < 4.78 is 30.6. The molecule has 0 heterocycles. The quantitative estimate of drug-likeness (QED) is 0.122. The fraction of sp³-hybridized carbons (Fsp3) is 0. The van der Waals surface area contributed by atoms with Gasteiger partial charge in [-0.2, -0.15) is 0 Å². The minimum Gasteiger partial charge on any atom is -0.207 e. The molecule has 2 aliphatic rings.